The quantitative estimate of drug-likeness (QED) is 0.626. The number of benzene rings is 1. The SMILES string of the molecule is NN1C=CN(c2ccccc2)C1. The van der Waals surface area contributed by atoms with Gasteiger partial charge in [0, 0.05) is 18.1 Å². The van der Waals surface area contributed by atoms with Gasteiger partial charge in [-0.15, -0.1) is 0 Å². The minimum absolute atomic E-state index is 0.726. The normalized spacial score (nSPS) is 15.8. The first kappa shape index (κ1) is 7.18. The Kier molecular flexibility index (Phi) is 1.72. The molecule has 0 fully saturated rings. The highest BCUT2D eigenvalue weighted by Crippen LogP contribution is 2.16. The van der Waals surface area contributed by atoms with Crippen molar-refractivity contribution in [2.24, 2.45) is 5.84 Å². The van der Waals surface area contributed by atoms with Crippen LogP contribution in [0.2, 0.25) is 0 Å². The minimum atomic E-state index is 0.726. The number of hydrogen-bond acceptors (Lipinski definition) is 3. The summed E-state index contributed by atoms with van der Waals surface area (Å²) < 4.78 is 0. The number of anilines is 1. The van der Waals surface area contributed by atoms with Gasteiger partial charge in [-0.05, 0) is 12.1 Å². The van der Waals surface area contributed by atoms with Crippen LogP contribution in [-0.2, 0) is 0 Å². The van der Waals surface area contributed by atoms with Crippen LogP contribution in [0.1, 0.15) is 0 Å². The van der Waals surface area contributed by atoms with E-state index < -0.39 is 0 Å². The molecule has 1 aliphatic heterocycles. The van der Waals surface area contributed by atoms with E-state index in [2.05, 4.69) is 17.0 Å². The summed E-state index contributed by atoms with van der Waals surface area (Å²) in [4.78, 5) is 2.08. The van der Waals surface area contributed by atoms with E-state index in [4.69, 9.17) is 5.84 Å². The molecule has 0 amide bonds. The molecule has 0 saturated carbocycles. The predicted octanol–water partition coefficient (Wildman–Crippen LogP) is 1.11. The number of para-hydroxylation sites is 1. The highest BCUT2D eigenvalue weighted by molar-refractivity contribution is 5.49. The van der Waals surface area contributed by atoms with Crippen molar-refractivity contribution in [1.29, 1.82) is 0 Å². The fraction of sp³-hybridized carbons (Fsp3) is 0.111. The largest absolute Gasteiger partial charge is 0.327 e. The first-order chi connectivity index (χ1) is 5.86. The van der Waals surface area contributed by atoms with Crippen molar-refractivity contribution in [2.75, 3.05) is 11.6 Å². The van der Waals surface area contributed by atoms with Gasteiger partial charge in [0.25, 0.3) is 0 Å². The smallest absolute Gasteiger partial charge is 0.109 e. The summed E-state index contributed by atoms with van der Waals surface area (Å²) in [7, 11) is 0. The van der Waals surface area contributed by atoms with Crippen LogP contribution >= 0.6 is 0 Å². The van der Waals surface area contributed by atoms with Crippen molar-refractivity contribution in [3.63, 3.8) is 0 Å². The molecule has 1 aromatic rings. The lowest BCUT2D eigenvalue weighted by Gasteiger charge is -2.17. The zero-order chi connectivity index (χ0) is 8.39. The molecule has 1 aliphatic rings. The van der Waals surface area contributed by atoms with Crippen molar-refractivity contribution < 1.29 is 0 Å². The molecule has 12 heavy (non-hydrogen) atoms. The number of nitrogens with two attached hydrogens (primary N) is 1. The Bertz CT molecular complexity index is 281. The lowest BCUT2D eigenvalue weighted by molar-refractivity contribution is 0.428. The molecule has 2 N–H and O–H groups in total. The highest BCUT2D eigenvalue weighted by Gasteiger charge is 2.09. The van der Waals surface area contributed by atoms with Crippen molar-refractivity contribution in [1.82, 2.24) is 5.01 Å². The Labute approximate surface area is 71.7 Å². The fourth-order valence-corrected chi connectivity index (χ4v) is 1.22. The zero-order valence-corrected chi connectivity index (χ0v) is 6.72. The van der Waals surface area contributed by atoms with E-state index in [0.717, 1.165) is 6.67 Å². The molecule has 1 heterocycles. The second-order valence-corrected chi connectivity index (χ2v) is 2.76. The molecule has 0 atom stereocenters. The molecule has 0 radical (unpaired) electrons. The van der Waals surface area contributed by atoms with Crippen LogP contribution in [0.25, 0.3) is 0 Å². The number of hydrazine groups is 1. The molecule has 0 saturated heterocycles. The summed E-state index contributed by atoms with van der Waals surface area (Å²) in [6.07, 6.45) is 3.82. The third-order valence-electron chi connectivity index (χ3n) is 1.84. The average Bonchev–Trinajstić information content (AvgIpc) is 2.54. The Balaban J connectivity index is 2.18. The van der Waals surface area contributed by atoms with Crippen LogP contribution in [0, 0.1) is 0 Å². The van der Waals surface area contributed by atoms with Crippen LogP contribution in [0.5, 0.6) is 0 Å². The molecular formula is C9H11N3. The summed E-state index contributed by atoms with van der Waals surface area (Å²) in [6, 6.07) is 10.2. The number of nitrogens with zero attached hydrogens (tertiary/aromatic N) is 2. The third-order valence-corrected chi connectivity index (χ3v) is 1.84. The van der Waals surface area contributed by atoms with E-state index in [9.17, 15) is 0 Å². The average molecular weight is 161 g/mol. The number of rotatable bonds is 1. The van der Waals surface area contributed by atoms with E-state index in [1.54, 1.807) is 5.01 Å². The monoisotopic (exact) mass is 161 g/mol. The number of hydrogen-bond donors (Lipinski definition) is 1. The van der Waals surface area contributed by atoms with Crippen LogP contribution in [-0.4, -0.2) is 11.7 Å². The van der Waals surface area contributed by atoms with Crippen LogP contribution in [0.4, 0.5) is 5.69 Å². The maximum absolute atomic E-state index is 5.57. The van der Waals surface area contributed by atoms with Gasteiger partial charge in [-0.3, -0.25) is 5.01 Å². The van der Waals surface area contributed by atoms with Crippen LogP contribution in [0.3, 0.4) is 0 Å². The first-order valence-electron chi connectivity index (χ1n) is 3.87. The van der Waals surface area contributed by atoms with E-state index in [-0.39, 0.29) is 0 Å². The van der Waals surface area contributed by atoms with Crippen molar-refractivity contribution >= 4 is 5.69 Å². The summed E-state index contributed by atoms with van der Waals surface area (Å²) >= 11 is 0. The van der Waals surface area contributed by atoms with Gasteiger partial charge in [0.1, 0.15) is 6.67 Å². The van der Waals surface area contributed by atoms with Gasteiger partial charge in [0.05, 0.1) is 0 Å². The van der Waals surface area contributed by atoms with E-state index in [1.807, 2.05) is 30.6 Å². The first-order valence-corrected chi connectivity index (χ1v) is 3.87. The Morgan fingerprint density at radius 3 is 2.42 bits per heavy atom. The maximum Gasteiger partial charge on any atom is 0.109 e. The Morgan fingerprint density at radius 2 is 1.83 bits per heavy atom. The minimum Gasteiger partial charge on any atom is -0.327 e. The lowest BCUT2D eigenvalue weighted by Crippen LogP contribution is -2.29. The molecule has 0 aliphatic carbocycles. The summed E-state index contributed by atoms with van der Waals surface area (Å²) in [6.45, 7) is 0.726. The lowest BCUT2D eigenvalue weighted by atomic mass is 10.3. The van der Waals surface area contributed by atoms with Gasteiger partial charge in [-0.25, -0.2) is 5.84 Å². The van der Waals surface area contributed by atoms with E-state index in [1.165, 1.54) is 5.69 Å². The Hall–Kier alpha value is -1.48. The van der Waals surface area contributed by atoms with Gasteiger partial charge >= 0.3 is 0 Å². The molecule has 3 heteroatoms. The standard InChI is InChI=1S/C9H11N3/c10-12-7-6-11(8-12)9-4-2-1-3-5-9/h1-7H,8,10H2. The molecular weight excluding hydrogens is 150 g/mol. The van der Waals surface area contributed by atoms with Crippen molar-refractivity contribution in [3.8, 4) is 0 Å². The summed E-state index contributed by atoms with van der Waals surface area (Å²) in [5, 5.41) is 1.65. The van der Waals surface area contributed by atoms with Crippen molar-refractivity contribution in [3.05, 3.63) is 42.7 Å². The third kappa shape index (κ3) is 1.26. The summed E-state index contributed by atoms with van der Waals surface area (Å²) in [5.41, 5.74) is 1.17. The van der Waals surface area contributed by atoms with Gasteiger partial charge in [0.2, 0.25) is 0 Å². The Morgan fingerprint density at radius 1 is 1.08 bits per heavy atom. The molecule has 0 unspecified atom stereocenters. The van der Waals surface area contributed by atoms with Gasteiger partial charge in [-0.1, -0.05) is 18.2 Å². The maximum atomic E-state index is 5.57. The molecule has 0 bridgehead atoms. The summed E-state index contributed by atoms with van der Waals surface area (Å²) in [5.74, 6) is 5.57. The van der Waals surface area contributed by atoms with Gasteiger partial charge in [-0.2, -0.15) is 0 Å². The zero-order valence-electron chi connectivity index (χ0n) is 6.72. The fourth-order valence-electron chi connectivity index (χ4n) is 1.22. The second-order valence-electron chi connectivity index (χ2n) is 2.76. The topological polar surface area (TPSA) is 32.5 Å². The predicted molar refractivity (Wildman–Crippen MR) is 49.0 cm³/mol. The van der Waals surface area contributed by atoms with Crippen LogP contribution in [0.15, 0.2) is 42.7 Å². The molecule has 1 aromatic carbocycles. The molecule has 3 nitrogen and oxygen atoms in total. The van der Waals surface area contributed by atoms with Crippen molar-refractivity contribution in [2.45, 2.75) is 0 Å². The second kappa shape index (κ2) is 2.87. The van der Waals surface area contributed by atoms with E-state index in [0.29, 0.717) is 0 Å². The highest BCUT2D eigenvalue weighted by atomic mass is 15.5. The van der Waals surface area contributed by atoms with Gasteiger partial charge < -0.3 is 4.90 Å². The molecule has 62 valence electrons. The molecule has 2 rings (SSSR count). The molecule has 0 spiro atoms. The van der Waals surface area contributed by atoms with Gasteiger partial charge in [0.15, 0.2) is 0 Å². The molecule has 0 aromatic heterocycles. The van der Waals surface area contributed by atoms with E-state index >= 15 is 0 Å². The van der Waals surface area contributed by atoms with Crippen LogP contribution < -0.4 is 10.7 Å².